The summed E-state index contributed by atoms with van der Waals surface area (Å²) in [5, 5.41) is 3.52. The number of rotatable bonds is 2. The van der Waals surface area contributed by atoms with Crippen LogP contribution in [0.4, 0.5) is 0 Å². The summed E-state index contributed by atoms with van der Waals surface area (Å²) in [6.45, 7) is 10.6. The molecule has 0 aliphatic rings. The fourth-order valence-electron chi connectivity index (χ4n) is 4.78. The average Bonchev–Trinajstić information content (AvgIpc) is 3.48. The fraction of sp³-hybridized carbons (Fsp3) is 0.143. The molecule has 7 rings (SSSR count). The van der Waals surface area contributed by atoms with E-state index in [4.69, 9.17) is 4.42 Å². The summed E-state index contributed by atoms with van der Waals surface area (Å²) < 4.78 is 7.73. The average molecular weight is 717 g/mol. The molecule has 201 valence electrons. The number of thiophene rings is 1. The summed E-state index contributed by atoms with van der Waals surface area (Å²) >= 11 is 1.83. The fourth-order valence-corrected chi connectivity index (χ4v) is 5.84. The Morgan fingerprint density at radius 3 is 2.25 bits per heavy atom. The molecule has 0 fully saturated rings. The number of hydrogen-bond donors (Lipinski definition) is 0. The van der Waals surface area contributed by atoms with Gasteiger partial charge in [-0.1, -0.05) is 40.8 Å². The molecule has 4 aromatic heterocycles. The van der Waals surface area contributed by atoms with Crippen molar-refractivity contribution in [3.8, 4) is 22.5 Å². The Bertz CT molecular complexity index is 1950. The van der Waals surface area contributed by atoms with Gasteiger partial charge >= 0.3 is 0 Å². The van der Waals surface area contributed by atoms with E-state index in [1.165, 1.54) is 37.2 Å². The molecule has 0 saturated carbocycles. The van der Waals surface area contributed by atoms with Crippen molar-refractivity contribution in [3.63, 3.8) is 0 Å². The van der Waals surface area contributed by atoms with E-state index < -0.39 is 0 Å². The maximum atomic E-state index is 6.45. The van der Waals surface area contributed by atoms with Gasteiger partial charge in [-0.25, -0.2) is 0 Å². The zero-order valence-corrected chi connectivity index (χ0v) is 26.3. The molecular weight excluding hydrogens is 689 g/mol. The summed E-state index contributed by atoms with van der Waals surface area (Å²) in [5.41, 5.74) is 10.6. The van der Waals surface area contributed by atoms with Crippen molar-refractivity contribution >= 4 is 43.4 Å². The minimum absolute atomic E-state index is 0. The van der Waals surface area contributed by atoms with E-state index >= 15 is 0 Å². The van der Waals surface area contributed by atoms with Crippen LogP contribution in [0.15, 0.2) is 83.5 Å². The molecule has 0 aliphatic carbocycles. The first-order valence-corrected chi connectivity index (χ1v) is 13.8. The quantitative estimate of drug-likeness (QED) is 0.167. The summed E-state index contributed by atoms with van der Waals surface area (Å²) in [6, 6.07) is 29.0. The molecule has 0 aliphatic heterocycles. The minimum Gasteiger partial charge on any atom is -0.500 e. The Balaban J connectivity index is 0.000000195. The van der Waals surface area contributed by atoms with E-state index in [1.807, 2.05) is 67.1 Å². The molecule has 40 heavy (non-hydrogen) atoms. The third-order valence-corrected chi connectivity index (χ3v) is 8.43. The van der Waals surface area contributed by atoms with Crippen LogP contribution in [0.1, 0.15) is 27.1 Å². The van der Waals surface area contributed by atoms with Crippen LogP contribution < -0.4 is 0 Å². The van der Waals surface area contributed by atoms with Gasteiger partial charge < -0.3 is 14.4 Å². The van der Waals surface area contributed by atoms with Crippen molar-refractivity contribution in [2.75, 3.05) is 0 Å². The second-order valence-corrected chi connectivity index (χ2v) is 11.2. The van der Waals surface area contributed by atoms with E-state index in [0.717, 1.165) is 44.5 Å². The molecule has 5 heteroatoms. The van der Waals surface area contributed by atoms with Crippen LogP contribution in [0.25, 0.3) is 54.5 Å². The Morgan fingerprint density at radius 1 is 0.725 bits per heavy atom. The SMILES string of the molecule is Cc1ccc(-c2[c-]cccc2)nc1.Cc1cnc(-c2[c-]ccc3c2oc2c3ccc3sc(C)c(C)c32)cc1C.[Ir]. The number of pyridine rings is 2. The third kappa shape index (κ3) is 5.13. The van der Waals surface area contributed by atoms with Gasteiger partial charge in [-0.05, 0) is 68.8 Å². The number of furan rings is 1. The Hall–Kier alpha value is -3.63. The Kier molecular flexibility index (Phi) is 8.00. The maximum Gasteiger partial charge on any atom is 0.129 e. The van der Waals surface area contributed by atoms with Gasteiger partial charge in [-0.15, -0.1) is 65.4 Å². The van der Waals surface area contributed by atoms with Gasteiger partial charge in [-0.3, -0.25) is 0 Å². The smallest absolute Gasteiger partial charge is 0.129 e. The van der Waals surface area contributed by atoms with Gasteiger partial charge in [0.25, 0.3) is 0 Å². The van der Waals surface area contributed by atoms with Gasteiger partial charge in [0.2, 0.25) is 0 Å². The van der Waals surface area contributed by atoms with E-state index in [-0.39, 0.29) is 20.1 Å². The molecule has 0 N–H and O–H groups in total. The summed E-state index contributed by atoms with van der Waals surface area (Å²) in [6.07, 6.45) is 3.79. The normalized spacial score (nSPS) is 10.9. The Morgan fingerprint density at radius 2 is 1.52 bits per heavy atom. The van der Waals surface area contributed by atoms with Crippen LogP contribution in [-0.2, 0) is 20.1 Å². The Labute approximate surface area is 252 Å². The van der Waals surface area contributed by atoms with Gasteiger partial charge in [0, 0.05) is 52.8 Å². The molecule has 0 amide bonds. The molecule has 1 radical (unpaired) electrons. The van der Waals surface area contributed by atoms with Crippen LogP contribution in [0.5, 0.6) is 0 Å². The summed E-state index contributed by atoms with van der Waals surface area (Å²) in [7, 11) is 0. The maximum absolute atomic E-state index is 6.45. The summed E-state index contributed by atoms with van der Waals surface area (Å²) in [5.74, 6) is 0. The zero-order valence-electron chi connectivity index (χ0n) is 23.0. The van der Waals surface area contributed by atoms with Gasteiger partial charge in [0.05, 0.1) is 5.58 Å². The predicted molar refractivity (Wildman–Crippen MR) is 163 cm³/mol. The van der Waals surface area contributed by atoms with E-state index in [2.05, 4.69) is 80.1 Å². The van der Waals surface area contributed by atoms with Crippen molar-refractivity contribution in [2.24, 2.45) is 0 Å². The number of hydrogen-bond acceptors (Lipinski definition) is 4. The van der Waals surface area contributed by atoms with Crippen LogP contribution in [0.3, 0.4) is 0 Å². The standard InChI is InChI=1S/C23H18NOS.C12H10N.Ir/c1-12-10-19(24-11-13(12)2)18-7-5-6-16-17-8-9-20-21(14(3)15(4)26-20)23(17)25-22(16)18;1-10-7-8-12(13-9-10)11-5-3-2-4-6-11;/h5-6,8-11H,1-4H3;2-5,7-9H,1H3;/q2*-1;. The molecular formula is C35H28IrN2OS-2. The first-order chi connectivity index (χ1) is 18.9. The first-order valence-electron chi connectivity index (χ1n) is 13.0. The predicted octanol–water partition coefficient (Wildman–Crippen LogP) is 9.75. The first kappa shape index (κ1) is 27.9. The van der Waals surface area contributed by atoms with Gasteiger partial charge in [0.1, 0.15) is 5.58 Å². The molecule has 4 heterocycles. The van der Waals surface area contributed by atoms with Crippen molar-refractivity contribution < 1.29 is 24.5 Å². The van der Waals surface area contributed by atoms with E-state index in [0.29, 0.717) is 0 Å². The second kappa shape index (κ2) is 11.5. The number of aryl methyl sites for hydroxylation is 5. The largest absolute Gasteiger partial charge is 0.500 e. The van der Waals surface area contributed by atoms with E-state index in [1.54, 1.807) is 0 Å². The number of fused-ring (bicyclic) bond motifs is 5. The molecule has 7 aromatic rings. The van der Waals surface area contributed by atoms with Crippen LogP contribution >= 0.6 is 11.3 Å². The molecule has 0 bridgehead atoms. The summed E-state index contributed by atoms with van der Waals surface area (Å²) in [4.78, 5) is 10.3. The molecule has 0 saturated heterocycles. The van der Waals surface area contributed by atoms with Crippen LogP contribution in [0, 0.1) is 46.8 Å². The van der Waals surface area contributed by atoms with Crippen molar-refractivity contribution in [2.45, 2.75) is 34.6 Å². The van der Waals surface area contributed by atoms with Crippen LogP contribution in [0.2, 0.25) is 0 Å². The molecule has 0 spiro atoms. The van der Waals surface area contributed by atoms with Crippen molar-refractivity contribution in [3.05, 3.63) is 118 Å². The third-order valence-electron chi connectivity index (χ3n) is 7.25. The molecule has 3 aromatic carbocycles. The molecule has 0 atom stereocenters. The number of benzene rings is 3. The van der Waals surface area contributed by atoms with Crippen molar-refractivity contribution in [1.29, 1.82) is 0 Å². The van der Waals surface area contributed by atoms with Crippen molar-refractivity contribution in [1.82, 2.24) is 9.97 Å². The number of aromatic nitrogens is 2. The van der Waals surface area contributed by atoms with Crippen LogP contribution in [-0.4, -0.2) is 9.97 Å². The van der Waals surface area contributed by atoms with Gasteiger partial charge in [0.15, 0.2) is 0 Å². The topological polar surface area (TPSA) is 38.9 Å². The monoisotopic (exact) mass is 717 g/mol. The van der Waals surface area contributed by atoms with Gasteiger partial charge in [-0.2, -0.15) is 0 Å². The zero-order chi connectivity index (χ0) is 27.1. The second-order valence-electron chi connectivity index (χ2n) is 9.95. The number of nitrogens with zero attached hydrogens (tertiary/aromatic N) is 2. The minimum atomic E-state index is 0. The molecule has 3 nitrogen and oxygen atoms in total. The van der Waals surface area contributed by atoms with E-state index in [9.17, 15) is 0 Å². The molecule has 0 unspecified atom stereocenters.